The molecule has 0 saturated heterocycles. The van der Waals surface area contributed by atoms with Gasteiger partial charge in [0, 0.05) is 11.7 Å². The average molecular weight is 157 g/mol. The van der Waals surface area contributed by atoms with Crippen molar-refractivity contribution in [2.45, 2.75) is 18.8 Å². The molecule has 0 atom stereocenters. The molecule has 0 bridgehead atoms. The summed E-state index contributed by atoms with van der Waals surface area (Å²) in [6.45, 7) is 0. The Labute approximate surface area is 71.4 Å². The van der Waals surface area contributed by atoms with E-state index in [0.29, 0.717) is 0 Å². The van der Waals surface area contributed by atoms with Gasteiger partial charge in [-0.05, 0) is 41.8 Å². The van der Waals surface area contributed by atoms with E-state index in [1.807, 2.05) is 6.20 Å². The van der Waals surface area contributed by atoms with Gasteiger partial charge in [0.25, 0.3) is 0 Å². The Balaban J connectivity index is 2.21. The summed E-state index contributed by atoms with van der Waals surface area (Å²) in [5.74, 6) is 0.859. The fourth-order valence-electron chi connectivity index (χ4n) is 1.74. The first-order chi connectivity index (χ1) is 5.93. The molecule has 60 valence electrons. The molecule has 1 aromatic heterocycles. The lowest BCUT2D eigenvalue weighted by Gasteiger charge is -1.96. The zero-order valence-corrected chi connectivity index (χ0v) is 6.88. The molecule has 0 unspecified atom stereocenters. The minimum Gasteiger partial charge on any atom is -0.361 e. The summed E-state index contributed by atoms with van der Waals surface area (Å²) in [4.78, 5) is 3.24. The Kier molecular flexibility index (Phi) is 1.12. The minimum absolute atomic E-state index is 0.859. The molecule has 0 amide bonds. The van der Waals surface area contributed by atoms with E-state index in [1.165, 1.54) is 29.3 Å². The van der Waals surface area contributed by atoms with Crippen molar-refractivity contribution in [1.82, 2.24) is 4.98 Å². The van der Waals surface area contributed by atoms with Crippen molar-refractivity contribution >= 4 is 10.9 Å². The molecule has 1 aromatic carbocycles. The second-order valence-electron chi connectivity index (χ2n) is 3.60. The summed E-state index contributed by atoms with van der Waals surface area (Å²) >= 11 is 0. The van der Waals surface area contributed by atoms with Gasteiger partial charge in [-0.2, -0.15) is 0 Å². The lowest BCUT2D eigenvalue weighted by molar-refractivity contribution is 1.13. The Bertz CT molecular complexity index is 410. The van der Waals surface area contributed by atoms with E-state index in [2.05, 4.69) is 29.2 Å². The highest BCUT2D eigenvalue weighted by Gasteiger charge is 2.23. The smallest absolute Gasteiger partial charge is 0.0456 e. The molecule has 1 N–H and O–H groups in total. The summed E-state index contributed by atoms with van der Waals surface area (Å²) in [6, 6.07) is 8.87. The lowest BCUT2D eigenvalue weighted by atomic mass is 10.1. The molecular formula is C11H11N. The molecule has 1 fully saturated rings. The number of hydrogen-bond acceptors (Lipinski definition) is 0. The van der Waals surface area contributed by atoms with E-state index in [0.717, 1.165) is 5.92 Å². The summed E-state index contributed by atoms with van der Waals surface area (Å²) in [7, 11) is 0. The van der Waals surface area contributed by atoms with Crippen LogP contribution in [0.3, 0.4) is 0 Å². The summed E-state index contributed by atoms with van der Waals surface area (Å²) in [5.41, 5.74) is 2.78. The third-order valence-electron chi connectivity index (χ3n) is 2.63. The fraction of sp³-hybridized carbons (Fsp3) is 0.273. The normalized spacial score (nSPS) is 17.0. The maximum absolute atomic E-state index is 3.24. The lowest BCUT2D eigenvalue weighted by Crippen LogP contribution is -1.77. The number of aromatic nitrogens is 1. The van der Waals surface area contributed by atoms with Crippen LogP contribution >= 0.6 is 0 Å². The predicted octanol–water partition coefficient (Wildman–Crippen LogP) is 3.05. The molecule has 3 rings (SSSR count). The van der Waals surface area contributed by atoms with Crippen LogP contribution in [-0.2, 0) is 0 Å². The fourth-order valence-corrected chi connectivity index (χ4v) is 1.74. The van der Waals surface area contributed by atoms with E-state index < -0.39 is 0 Å². The molecule has 0 spiro atoms. The van der Waals surface area contributed by atoms with Crippen LogP contribution in [-0.4, -0.2) is 4.98 Å². The van der Waals surface area contributed by atoms with Gasteiger partial charge in [0.15, 0.2) is 0 Å². The van der Waals surface area contributed by atoms with Gasteiger partial charge in [-0.3, -0.25) is 0 Å². The largest absolute Gasteiger partial charge is 0.361 e. The number of hydrogen-bond donors (Lipinski definition) is 1. The molecule has 1 nitrogen and oxygen atoms in total. The summed E-state index contributed by atoms with van der Waals surface area (Å²) in [6.07, 6.45) is 4.76. The van der Waals surface area contributed by atoms with Gasteiger partial charge in [-0.15, -0.1) is 0 Å². The minimum atomic E-state index is 0.859. The number of rotatable bonds is 1. The van der Waals surface area contributed by atoms with Crippen LogP contribution in [0.5, 0.6) is 0 Å². The van der Waals surface area contributed by atoms with Gasteiger partial charge in [0.1, 0.15) is 0 Å². The second kappa shape index (κ2) is 2.13. The standard InChI is InChI=1S/C11H11N/c1-2-8(1)10-4-3-9-5-6-12-11(9)7-10/h3-8,12H,1-2H2. The van der Waals surface area contributed by atoms with Crippen LogP contribution in [0.1, 0.15) is 24.3 Å². The Morgan fingerprint density at radius 2 is 2.08 bits per heavy atom. The molecule has 12 heavy (non-hydrogen) atoms. The van der Waals surface area contributed by atoms with E-state index in [4.69, 9.17) is 0 Å². The number of nitrogens with one attached hydrogen (secondary N) is 1. The number of benzene rings is 1. The van der Waals surface area contributed by atoms with Gasteiger partial charge in [-0.25, -0.2) is 0 Å². The maximum atomic E-state index is 3.24. The SMILES string of the molecule is c1cc2ccc(C3CC3)cc2[nH]1. The zero-order chi connectivity index (χ0) is 7.97. The van der Waals surface area contributed by atoms with Crippen LogP contribution in [0.25, 0.3) is 10.9 Å². The van der Waals surface area contributed by atoms with Gasteiger partial charge in [0.05, 0.1) is 0 Å². The third kappa shape index (κ3) is 0.860. The van der Waals surface area contributed by atoms with Crippen LogP contribution in [0.15, 0.2) is 30.5 Å². The predicted molar refractivity (Wildman–Crippen MR) is 50.3 cm³/mol. The molecule has 1 heteroatoms. The number of H-pyrrole nitrogens is 1. The highest BCUT2D eigenvalue weighted by atomic mass is 14.7. The first-order valence-corrected chi connectivity index (χ1v) is 4.50. The second-order valence-corrected chi connectivity index (χ2v) is 3.60. The molecule has 1 aliphatic rings. The van der Waals surface area contributed by atoms with E-state index in [9.17, 15) is 0 Å². The van der Waals surface area contributed by atoms with Gasteiger partial charge < -0.3 is 4.98 Å². The quantitative estimate of drug-likeness (QED) is 0.654. The Hall–Kier alpha value is -1.24. The van der Waals surface area contributed by atoms with Crippen LogP contribution in [0.2, 0.25) is 0 Å². The van der Waals surface area contributed by atoms with Crippen molar-refractivity contribution in [3.63, 3.8) is 0 Å². The topological polar surface area (TPSA) is 15.8 Å². The van der Waals surface area contributed by atoms with Crippen molar-refractivity contribution in [2.24, 2.45) is 0 Å². The first kappa shape index (κ1) is 6.30. The van der Waals surface area contributed by atoms with E-state index in [1.54, 1.807) is 0 Å². The molecule has 2 aromatic rings. The van der Waals surface area contributed by atoms with Gasteiger partial charge >= 0.3 is 0 Å². The van der Waals surface area contributed by atoms with Crippen LogP contribution in [0.4, 0.5) is 0 Å². The molecular weight excluding hydrogens is 146 g/mol. The zero-order valence-electron chi connectivity index (χ0n) is 6.88. The van der Waals surface area contributed by atoms with Crippen molar-refractivity contribution in [2.75, 3.05) is 0 Å². The van der Waals surface area contributed by atoms with Crippen molar-refractivity contribution in [3.05, 3.63) is 36.0 Å². The molecule has 0 radical (unpaired) electrons. The summed E-state index contributed by atoms with van der Waals surface area (Å²) in [5, 5.41) is 1.32. The van der Waals surface area contributed by atoms with Gasteiger partial charge in [0.2, 0.25) is 0 Å². The van der Waals surface area contributed by atoms with E-state index in [-0.39, 0.29) is 0 Å². The number of fused-ring (bicyclic) bond motifs is 1. The monoisotopic (exact) mass is 157 g/mol. The highest BCUT2D eigenvalue weighted by Crippen LogP contribution is 2.40. The maximum Gasteiger partial charge on any atom is 0.0456 e. The van der Waals surface area contributed by atoms with Gasteiger partial charge in [-0.1, -0.05) is 12.1 Å². The highest BCUT2D eigenvalue weighted by molar-refractivity contribution is 5.80. The van der Waals surface area contributed by atoms with Crippen molar-refractivity contribution < 1.29 is 0 Å². The average Bonchev–Trinajstić information content (AvgIpc) is 2.84. The number of aromatic amines is 1. The Morgan fingerprint density at radius 1 is 1.17 bits per heavy atom. The summed E-state index contributed by atoms with van der Waals surface area (Å²) < 4.78 is 0. The molecule has 1 saturated carbocycles. The van der Waals surface area contributed by atoms with Crippen LogP contribution in [0, 0.1) is 0 Å². The molecule has 1 heterocycles. The Morgan fingerprint density at radius 3 is 2.92 bits per heavy atom. The molecule has 1 aliphatic carbocycles. The van der Waals surface area contributed by atoms with Crippen molar-refractivity contribution in [1.29, 1.82) is 0 Å². The van der Waals surface area contributed by atoms with Crippen molar-refractivity contribution in [3.8, 4) is 0 Å². The first-order valence-electron chi connectivity index (χ1n) is 4.50. The van der Waals surface area contributed by atoms with Crippen LogP contribution < -0.4 is 0 Å². The van der Waals surface area contributed by atoms with E-state index >= 15 is 0 Å². The third-order valence-corrected chi connectivity index (χ3v) is 2.63. The molecule has 0 aliphatic heterocycles.